The van der Waals surface area contributed by atoms with Crippen LogP contribution in [-0.4, -0.2) is 52.8 Å². The lowest BCUT2D eigenvalue weighted by Gasteiger charge is -2.33. The van der Waals surface area contributed by atoms with Gasteiger partial charge in [-0.1, -0.05) is 38.7 Å². The topological polar surface area (TPSA) is 95.6 Å². The van der Waals surface area contributed by atoms with Gasteiger partial charge in [0.15, 0.2) is 11.4 Å². The van der Waals surface area contributed by atoms with Gasteiger partial charge in [0.05, 0.1) is 16.2 Å². The van der Waals surface area contributed by atoms with Gasteiger partial charge in [-0.25, -0.2) is 4.98 Å². The zero-order chi connectivity index (χ0) is 25.7. The molecule has 10 heteroatoms. The van der Waals surface area contributed by atoms with E-state index >= 15 is 0 Å². The number of thiazole rings is 1. The lowest BCUT2D eigenvalue weighted by Crippen LogP contribution is -2.45. The summed E-state index contributed by atoms with van der Waals surface area (Å²) < 4.78 is 7.14. The largest absolute Gasteiger partial charge is 0.472 e. The monoisotopic (exact) mass is 527 g/mol. The number of hydrogen-bond acceptors (Lipinski definition) is 8. The summed E-state index contributed by atoms with van der Waals surface area (Å²) in [5.74, 6) is 1.48. The summed E-state index contributed by atoms with van der Waals surface area (Å²) in [6, 6.07) is 7.09. The van der Waals surface area contributed by atoms with Crippen LogP contribution in [0.3, 0.4) is 0 Å². The van der Waals surface area contributed by atoms with E-state index in [0.29, 0.717) is 17.8 Å². The summed E-state index contributed by atoms with van der Waals surface area (Å²) in [7, 11) is 0. The van der Waals surface area contributed by atoms with Crippen LogP contribution >= 0.6 is 23.1 Å². The Morgan fingerprint density at radius 3 is 2.81 bits per heavy atom. The van der Waals surface area contributed by atoms with Crippen molar-refractivity contribution in [2.45, 2.75) is 50.1 Å². The van der Waals surface area contributed by atoms with E-state index in [1.54, 1.807) is 47.4 Å². The number of hydrogen-bond donors (Lipinski definition) is 3. The van der Waals surface area contributed by atoms with Crippen molar-refractivity contribution in [1.82, 2.24) is 15.2 Å². The maximum absolute atomic E-state index is 13.0. The number of ether oxygens (including phenoxy) is 1. The molecule has 0 bridgehead atoms. The third kappa shape index (κ3) is 6.82. The fraction of sp³-hybridized carbons (Fsp3) is 0.423. The Balaban J connectivity index is 1.25. The van der Waals surface area contributed by atoms with Crippen LogP contribution in [0.1, 0.15) is 44.0 Å². The molecule has 2 unspecified atom stereocenters. The van der Waals surface area contributed by atoms with Gasteiger partial charge in [-0.2, -0.15) is 0 Å². The molecule has 1 fully saturated rings. The first-order chi connectivity index (χ1) is 17.2. The van der Waals surface area contributed by atoms with Crippen LogP contribution in [-0.2, 0) is 9.53 Å². The quantitative estimate of drug-likeness (QED) is 0.332. The minimum Gasteiger partial charge on any atom is -0.472 e. The molecule has 0 aliphatic carbocycles. The van der Waals surface area contributed by atoms with Gasteiger partial charge in [0.25, 0.3) is 5.91 Å². The molecule has 3 heterocycles. The molecule has 4 rings (SSSR count). The number of piperidine rings is 1. The zero-order valence-corrected chi connectivity index (χ0v) is 22.5. The number of nitrogens with one attached hydrogen (secondary N) is 3. The second-order valence-corrected chi connectivity index (χ2v) is 12.2. The van der Waals surface area contributed by atoms with Crippen LogP contribution < -0.4 is 16.0 Å². The SMILES string of the molecule is C=CC(=O)Nc1ccc(C(=O)N2CCCC(Nc3ncc(SCC4NC=C(C(C)(C)C)O4)s3)C2)cc1. The normalized spacial score (nSPS) is 19.6. The molecule has 2 aromatic rings. The molecule has 36 heavy (non-hydrogen) atoms. The molecule has 2 amide bonds. The lowest BCUT2D eigenvalue weighted by molar-refractivity contribution is -0.111. The number of carbonyl (C=O) groups excluding carboxylic acids is 2. The highest BCUT2D eigenvalue weighted by Crippen LogP contribution is 2.33. The molecule has 192 valence electrons. The molecule has 2 atom stereocenters. The van der Waals surface area contributed by atoms with Gasteiger partial charge in [0, 0.05) is 42.0 Å². The number of rotatable bonds is 8. The Labute approximate surface area is 220 Å². The van der Waals surface area contributed by atoms with E-state index in [2.05, 4.69) is 48.3 Å². The van der Waals surface area contributed by atoms with Crippen molar-refractivity contribution in [2.75, 3.05) is 29.5 Å². The Hall–Kier alpha value is -2.98. The number of allylic oxidation sites excluding steroid dienone is 1. The number of anilines is 2. The van der Waals surface area contributed by atoms with Gasteiger partial charge in [-0.15, -0.1) is 11.8 Å². The molecule has 1 aromatic heterocycles. The minimum atomic E-state index is -0.280. The maximum atomic E-state index is 13.0. The molecule has 0 radical (unpaired) electrons. The number of carbonyl (C=O) groups is 2. The number of benzene rings is 1. The second kappa shape index (κ2) is 11.4. The predicted octanol–water partition coefficient (Wildman–Crippen LogP) is 4.91. The zero-order valence-electron chi connectivity index (χ0n) is 20.9. The first-order valence-electron chi connectivity index (χ1n) is 12.0. The number of amides is 2. The molecular formula is C26H33N5O3S2. The van der Waals surface area contributed by atoms with E-state index in [0.717, 1.165) is 40.2 Å². The molecule has 2 aliphatic heterocycles. The summed E-state index contributed by atoms with van der Waals surface area (Å²) in [5, 5.41) is 10.4. The molecule has 1 aromatic carbocycles. The van der Waals surface area contributed by atoms with Crippen LogP contribution in [0.25, 0.3) is 0 Å². The Bertz CT molecular complexity index is 1120. The van der Waals surface area contributed by atoms with Gasteiger partial charge < -0.3 is 25.6 Å². The highest BCUT2D eigenvalue weighted by atomic mass is 32.2. The van der Waals surface area contributed by atoms with Crippen molar-refractivity contribution in [3.8, 4) is 0 Å². The van der Waals surface area contributed by atoms with Crippen molar-refractivity contribution in [3.05, 3.63) is 60.6 Å². The van der Waals surface area contributed by atoms with Crippen LogP contribution in [0.5, 0.6) is 0 Å². The van der Waals surface area contributed by atoms with E-state index in [-0.39, 0.29) is 29.5 Å². The Kier molecular flexibility index (Phi) is 8.25. The van der Waals surface area contributed by atoms with Crippen molar-refractivity contribution in [3.63, 3.8) is 0 Å². The number of thioether (sulfide) groups is 1. The number of nitrogens with zero attached hydrogens (tertiary/aromatic N) is 2. The van der Waals surface area contributed by atoms with E-state index in [4.69, 9.17) is 4.74 Å². The van der Waals surface area contributed by atoms with Crippen LogP contribution in [0.2, 0.25) is 0 Å². The maximum Gasteiger partial charge on any atom is 0.253 e. The molecule has 0 spiro atoms. The highest BCUT2D eigenvalue weighted by molar-refractivity contribution is 8.01. The third-order valence-electron chi connectivity index (χ3n) is 5.89. The second-order valence-electron chi connectivity index (χ2n) is 9.83. The molecular weight excluding hydrogens is 494 g/mol. The van der Waals surface area contributed by atoms with Crippen LogP contribution in [0.15, 0.2) is 59.3 Å². The summed E-state index contributed by atoms with van der Waals surface area (Å²) in [5.41, 5.74) is 1.23. The van der Waals surface area contributed by atoms with Crippen molar-refractivity contribution in [2.24, 2.45) is 5.41 Å². The van der Waals surface area contributed by atoms with Crippen LogP contribution in [0, 0.1) is 5.41 Å². The number of likely N-dealkylation sites (tertiary alicyclic amines) is 1. The smallest absolute Gasteiger partial charge is 0.253 e. The van der Waals surface area contributed by atoms with Crippen molar-refractivity contribution < 1.29 is 14.3 Å². The summed E-state index contributed by atoms with van der Waals surface area (Å²) in [6.07, 6.45) is 6.95. The first-order valence-corrected chi connectivity index (χ1v) is 13.8. The van der Waals surface area contributed by atoms with Gasteiger partial charge in [0.2, 0.25) is 5.91 Å². The van der Waals surface area contributed by atoms with Gasteiger partial charge in [0.1, 0.15) is 5.76 Å². The van der Waals surface area contributed by atoms with Gasteiger partial charge in [-0.3, -0.25) is 9.59 Å². The van der Waals surface area contributed by atoms with E-state index < -0.39 is 0 Å². The molecule has 3 N–H and O–H groups in total. The minimum absolute atomic E-state index is 0.00420. The van der Waals surface area contributed by atoms with Gasteiger partial charge in [-0.05, 0) is 43.2 Å². The van der Waals surface area contributed by atoms with E-state index in [9.17, 15) is 9.59 Å². The molecule has 8 nitrogen and oxygen atoms in total. The fourth-order valence-corrected chi connectivity index (χ4v) is 5.85. The Morgan fingerprint density at radius 2 is 2.11 bits per heavy atom. The summed E-state index contributed by atoms with van der Waals surface area (Å²) >= 11 is 3.35. The van der Waals surface area contributed by atoms with Crippen molar-refractivity contribution >= 4 is 45.7 Å². The molecule has 0 saturated carbocycles. The number of aromatic nitrogens is 1. The summed E-state index contributed by atoms with van der Waals surface area (Å²) in [6.45, 7) is 11.2. The highest BCUT2D eigenvalue weighted by Gasteiger charge is 2.28. The average molecular weight is 528 g/mol. The molecule has 2 aliphatic rings. The predicted molar refractivity (Wildman–Crippen MR) is 146 cm³/mol. The van der Waals surface area contributed by atoms with E-state index in [1.807, 2.05) is 17.3 Å². The van der Waals surface area contributed by atoms with Crippen LogP contribution in [0.4, 0.5) is 10.8 Å². The average Bonchev–Trinajstić information content (AvgIpc) is 3.52. The van der Waals surface area contributed by atoms with Gasteiger partial charge >= 0.3 is 0 Å². The third-order valence-corrected chi connectivity index (χ3v) is 8.08. The lowest BCUT2D eigenvalue weighted by atomic mass is 9.95. The molecule has 1 saturated heterocycles. The Morgan fingerprint density at radius 1 is 1.33 bits per heavy atom. The first kappa shape index (κ1) is 26.1. The van der Waals surface area contributed by atoms with E-state index in [1.165, 1.54) is 6.08 Å². The fourth-order valence-electron chi connectivity index (χ4n) is 3.94. The van der Waals surface area contributed by atoms with Crippen molar-refractivity contribution in [1.29, 1.82) is 0 Å². The standard InChI is InChI=1S/C26H33N5O3S2/c1-5-21(32)29-18-10-8-17(9-11-18)24(33)31-12-6-7-19(15-31)30-25-28-14-23(36-25)35-16-22-27-13-20(34-22)26(2,3)4/h5,8-11,13-14,19,22,27H,1,6-7,12,15-16H2,2-4H3,(H,28,30)(H,29,32). The summed E-state index contributed by atoms with van der Waals surface area (Å²) in [4.78, 5) is 30.9.